The number of hydrogen-bond acceptors (Lipinski definition) is 1. The van der Waals surface area contributed by atoms with E-state index in [1.165, 1.54) is 56.9 Å². The van der Waals surface area contributed by atoms with Crippen molar-refractivity contribution in [1.82, 2.24) is 0 Å². The predicted octanol–water partition coefficient (Wildman–Crippen LogP) is 7.31. The molecule has 0 amide bonds. The molecule has 1 nitrogen and oxygen atoms in total. The molecule has 0 aromatic rings. The Kier molecular flexibility index (Phi) is 5.62. The Hall–Kier alpha value is -0.560. The molecular weight excluding hydrogens is 340 g/mol. The van der Waals surface area contributed by atoms with Crippen molar-refractivity contribution in [2.45, 2.75) is 105 Å². The molecule has 3 saturated carbocycles. The van der Waals surface area contributed by atoms with Crippen LogP contribution < -0.4 is 0 Å². The van der Waals surface area contributed by atoms with Crippen LogP contribution in [0.4, 0.5) is 0 Å². The van der Waals surface area contributed by atoms with Crippen LogP contribution >= 0.6 is 0 Å². The molecule has 1 N–H and O–H groups in total. The SMILES string of the molecule is CC(C)=CCC[C@@H](C)[C@H]1CC[C@H]2C3=CC[C@@H]4C[C@@H](O)CC[C@]4(C)[C@H]3CC[C@]12C. The quantitative estimate of drug-likeness (QED) is 0.504. The van der Waals surface area contributed by atoms with Gasteiger partial charge >= 0.3 is 0 Å². The molecule has 0 saturated heterocycles. The van der Waals surface area contributed by atoms with E-state index in [1.807, 2.05) is 5.57 Å². The molecule has 28 heavy (non-hydrogen) atoms. The van der Waals surface area contributed by atoms with Crippen molar-refractivity contribution in [2.75, 3.05) is 0 Å². The van der Waals surface area contributed by atoms with Gasteiger partial charge in [-0.2, -0.15) is 0 Å². The Morgan fingerprint density at radius 2 is 1.82 bits per heavy atom. The van der Waals surface area contributed by atoms with Gasteiger partial charge < -0.3 is 5.11 Å². The van der Waals surface area contributed by atoms with Crippen molar-refractivity contribution >= 4 is 0 Å². The van der Waals surface area contributed by atoms with Gasteiger partial charge in [0.05, 0.1) is 6.10 Å². The summed E-state index contributed by atoms with van der Waals surface area (Å²) in [6.45, 7) is 12.2. The molecule has 0 heterocycles. The largest absolute Gasteiger partial charge is 0.393 e. The lowest BCUT2D eigenvalue weighted by Gasteiger charge is -2.57. The highest BCUT2D eigenvalue weighted by Gasteiger charge is 2.58. The van der Waals surface area contributed by atoms with Crippen LogP contribution in [-0.2, 0) is 0 Å². The van der Waals surface area contributed by atoms with Gasteiger partial charge in [-0.3, -0.25) is 0 Å². The van der Waals surface area contributed by atoms with Gasteiger partial charge in [0.1, 0.15) is 0 Å². The molecule has 0 aliphatic heterocycles. The highest BCUT2D eigenvalue weighted by molar-refractivity contribution is 5.27. The Morgan fingerprint density at radius 1 is 1.11 bits per heavy atom. The van der Waals surface area contributed by atoms with Gasteiger partial charge in [-0.1, -0.05) is 44.1 Å². The van der Waals surface area contributed by atoms with Gasteiger partial charge in [0, 0.05) is 0 Å². The highest BCUT2D eigenvalue weighted by Crippen LogP contribution is 2.66. The van der Waals surface area contributed by atoms with E-state index in [9.17, 15) is 5.11 Å². The first-order valence-electron chi connectivity index (χ1n) is 12.3. The molecule has 0 spiro atoms. The summed E-state index contributed by atoms with van der Waals surface area (Å²) < 4.78 is 0. The van der Waals surface area contributed by atoms with Crippen LogP contribution in [0.3, 0.4) is 0 Å². The van der Waals surface area contributed by atoms with Gasteiger partial charge in [-0.05, 0) is 118 Å². The summed E-state index contributed by atoms with van der Waals surface area (Å²) in [6, 6.07) is 0. The number of rotatable bonds is 4. The van der Waals surface area contributed by atoms with Crippen LogP contribution in [0, 0.1) is 40.4 Å². The predicted molar refractivity (Wildman–Crippen MR) is 119 cm³/mol. The summed E-state index contributed by atoms with van der Waals surface area (Å²) in [7, 11) is 0. The average molecular weight is 385 g/mol. The standard InChI is InChI=1S/C27H44O/c1-18(2)7-6-8-19(3)23-11-12-24-22-10-9-20-17-21(28)13-15-26(20,4)25(22)14-16-27(23,24)5/h7,10,19-21,23-25,28H,6,8-9,11-17H2,1-5H3/t19-,20-,21+,23-,24+,25+,26+,27-/m1/s1. The second kappa shape index (κ2) is 7.60. The third-order valence-electron chi connectivity index (χ3n) is 9.99. The van der Waals surface area contributed by atoms with Crippen molar-refractivity contribution in [3.8, 4) is 0 Å². The summed E-state index contributed by atoms with van der Waals surface area (Å²) in [5.74, 6) is 4.11. The molecule has 8 atom stereocenters. The van der Waals surface area contributed by atoms with Crippen LogP contribution in [-0.4, -0.2) is 11.2 Å². The van der Waals surface area contributed by atoms with E-state index in [0.717, 1.165) is 42.4 Å². The minimum Gasteiger partial charge on any atom is -0.393 e. The molecule has 1 heteroatoms. The third-order valence-corrected chi connectivity index (χ3v) is 9.99. The van der Waals surface area contributed by atoms with Gasteiger partial charge in [0.15, 0.2) is 0 Å². The minimum atomic E-state index is -0.0422. The molecule has 0 aromatic heterocycles. The summed E-state index contributed by atoms with van der Waals surface area (Å²) in [5, 5.41) is 10.2. The maximum atomic E-state index is 10.2. The fourth-order valence-corrected chi connectivity index (χ4v) is 8.30. The molecular formula is C27H44O. The Labute approximate surface area is 174 Å². The topological polar surface area (TPSA) is 20.2 Å². The highest BCUT2D eigenvalue weighted by atomic mass is 16.3. The van der Waals surface area contributed by atoms with E-state index in [0.29, 0.717) is 10.8 Å². The first-order valence-corrected chi connectivity index (χ1v) is 12.3. The van der Waals surface area contributed by atoms with Crippen LogP contribution in [0.15, 0.2) is 23.3 Å². The summed E-state index contributed by atoms with van der Waals surface area (Å²) in [4.78, 5) is 0. The van der Waals surface area contributed by atoms with Gasteiger partial charge in [0.2, 0.25) is 0 Å². The minimum absolute atomic E-state index is 0.0422. The van der Waals surface area contributed by atoms with E-state index in [1.54, 1.807) is 0 Å². The van der Waals surface area contributed by atoms with E-state index >= 15 is 0 Å². The fourth-order valence-electron chi connectivity index (χ4n) is 8.30. The molecule has 0 bridgehead atoms. The van der Waals surface area contributed by atoms with Gasteiger partial charge in [0.25, 0.3) is 0 Å². The number of aliphatic hydroxyl groups is 1. The van der Waals surface area contributed by atoms with Crippen LogP contribution in [0.25, 0.3) is 0 Å². The zero-order valence-corrected chi connectivity index (χ0v) is 19.1. The van der Waals surface area contributed by atoms with Crippen LogP contribution in [0.5, 0.6) is 0 Å². The van der Waals surface area contributed by atoms with Crippen LogP contribution in [0.2, 0.25) is 0 Å². The normalized spacial score (nSPS) is 46.1. The summed E-state index contributed by atoms with van der Waals surface area (Å²) in [5.41, 5.74) is 4.32. The van der Waals surface area contributed by atoms with E-state index in [4.69, 9.17) is 0 Å². The summed E-state index contributed by atoms with van der Waals surface area (Å²) in [6.07, 6.45) is 17.9. The number of fused-ring (bicyclic) bond motifs is 5. The first-order chi connectivity index (χ1) is 13.3. The monoisotopic (exact) mass is 384 g/mol. The molecule has 4 rings (SSSR count). The fraction of sp³-hybridized carbons (Fsp3) is 0.852. The lowest BCUT2D eigenvalue weighted by molar-refractivity contribution is -0.0426. The molecule has 4 aliphatic rings. The zero-order valence-electron chi connectivity index (χ0n) is 19.1. The van der Waals surface area contributed by atoms with Gasteiger partial charge in [-0.15, -0.1) is 0 Å². The van der Waals surface area contributed by atoms with Crippen molar-refractivity contribution in [3.05, 3.63) is 23.3 Å². The Morgan fingerprint density at radius 3 is 2.57 bits per heavy atom. The first kappa shape index (κ1) is 20.7. The summed E-state index contributed by atoms with van der Waals surface area (Å²) >= 11 is 0. The molecule has 158 valence electrons. The van der Waals surface area contributed by atoms with E-state index < -0.39 is 0 Å². The van der Waals surface area contributed by atoms with Crippen molar-refractivity contribution in [1.29, 1.82) is 0 Å². The van der Waals surface area contributed by atoms with E-state index in [2.05, 4.69) is 46.8 Å². The maximum absolute atomic E-state index is 10.2. The second-order valence-corrected chi connectivity index (χ2v) is 11.7. The third kappa shape index (κ3) is 3.34. The lowest BCUT2D eigenvalue weighted by atomic mass is 9.47. The number of allylic oxidation sites excluding steroid dienone is 4. The Bertz CT molecular complexity index is 641. The van der Waals surface area contributed by atoms with Crippen molar-refractivity contribution < 1.29 is 5.11 Å². The number of aliphatic hydroxyl groups excluding tert-OH is 1. The molecule has 0 radical (unpaired) electrons. The van der Waals surface area contributed by atoms with Gasteiger partial charge in [-0.25, -0.2) is 0 Å². The van der Waals surface area contributed by atoms with Crippen LogP contribution in [0.1, 0.15) is 98.8 Å². The van der Waals surface area contributed by atoms with E-state index in [-0.39, 0.29) is 6.10 Å². The lowest BCUT2D eigenvalue weighted by Crippen LogP contribution is -2.49. The molecule has 0 aromatic carbocycles. The smallest absolute Gasteiger partial charge is 0.0543 e. The molecule has 4 aliphatic carbocycles. The molecule has 0 unspecified atom stereocenters. The maximum Gasteiger partial charge on any atom is 0.0543 e. The van der Waals surface area contributed by atoms with Crippen molar-refractivity contribution in [3.63, 3.8) is 0 Å². The molecule has 3 fully saturated rings. The zero-order chi connectivity index (χ0) is 20.1. The Balaban J connectivity index is 1.52. The number of hydrogen-bond donors (Lipinski definition) is 1. The average Bonchev–Trinajstić information content (AvgIpc) is 2.99. The van der Waals surface area contributed by atoms with Crippen molar-refractivity contribution in [2.24, 2.45) is 40.4 Å². The second-order valence-electron chi connectivity index (χ2n) is 11.7.